The quantitative estimate of drug-likeness (QED) is 0.314. The molecule has 2 aromatic carbocycles. The molecule has 2 aliphatic rings. The van der Waals surface area contributed by atoms with Gasteiger partial charge < -0.3 is 21.5 Å². The summed E-state index contributed by atoms with van der Waals surface area (Å²) in [5.41, 5.74) is 12.9. The number of nitrogen functional groups attached to an aromatic ring is 1. The zero-order valence-corrected chi connectivity index (χ0v) is 18.9. The second-order valence-corrected chi connectivity index (χ2v) is 8.35. The molecule has 0 fully saturated rings. The third-order valence-corrected chi connectivity index (χ3v) is 5.99. The summed E-state index contributed by atoms with van der Waals surface area (Å²) in [6.07, 6.45) is -3.35. The largest absolute Gasteiger partial charge is 0.490 e. The fraction of sp³-hybridized carbons (Fsp3) is 0.240. The fourth-order valence-corrected chi connectivity index (χ4v) is 4.18. The first kappa shape index (κ1) is 25.1. The van der Waals surface area contributed by atoms with E-state index in [2.05, 4.69) is 21.7 Å². The number of pyridine rings is 1. The Kier molecular flexibility index (Phi) is 6.93. The van der Waals surface area contributed by atoms with Gasteiger partial charge in [-0.25, -0.2) is 9.78 Å². The molecular weight excluding hydrogens is 480 g/mol. The van der Waals surface area contributed by atoms with Crippen molar-refractivity contribution in [1.29, 1.82) is 0 Å². The number of fused-ring (bicyclic) bond motifs is 2. The smallest absolute Gasteiger partial charge is 0.475 e. The van der Waals surface area contributed by atoms with Gasteiger partial charge in [0.15, 0.2) is 0 Å². The van der Waals surface area contributed by atoms with E-state index in [1.54, 1.807) is 12.1 Å². The molecule has 7 nitrogen and oxygen atoms in total. The molecule has 1 amide bonds. The first-order valence-electron chi connectivity index (χ1n) is 11.0. The molecule has 3 heterocycles. The second kappa shape index (κ2) is 9.94. The van der Waals surface area contributed by atoms with Crippen LogP contribution in [0, 0.1) is 5.95 Å². The predicted molar refractivity (Wildman–Crippen MR) is 125 cm³/mol. The van der Waals surface area contributed by atoms with E-state index < -0.39 is 18.1 Å². The number of carbonyl (C=O) groups excluding carboxylic acids is 1. The van der Waals surface area contributed by atoms with Gasteiger partial charge in [-0.1, -0.05) is 24.3 Å². The molecule has 5 rings (SSSR count). The van der Waals surface area contributed by atoms with Crippen molar-refractivity contribution < 1.29 is 32.3 Å². The molecule has 0 radical (unpaired) electrons. The van der Waals surface area contributed by atoms with Gasteiger partial charge in [0, 0.05) is 29.8 Å². The molecule has 36 heavy (non-hydrogen) atoms. The van der Waals surface area contributed by atoms with Gasteiger partial charge in [-0.2, -0.15) is 17.6 Å². The maximum absolute atomic E-state index is 14.7. The molecule has 5 N–H and O–H groups in total. The van der Waals surface area contributed by atoms with Crippen LogP contribution in [-0.2, 0) is 24.2 Å². The molecule has 11 heteroatoms. The third kappa shape index (κ3) is 5.30. The van der Waals surface area contributed by atoms with Crippen molar-refractivity contribution in [2.24, 2.45) is 0 Å². The van der Waals surface area contributed by atoms with E-state index in [4.69, 9.17) is 15.6 Å². The van der Waals surface area contributed by atoms with Crippen LogP contribution in [-0.4, -0.2) is 41.2 Å². The lowest BCUT2D eigenvalue weighted by Gasteiger charge is -2.19. The van der Waals surface area contributed by atoms with E-state index in [1.807, 2.05) is 24.3 Å². The summed E-state index contributed by atoms with van der Waals surface area (Å²) in [5, 5.41) is 13.3. The Labute approximate surface area is 203 Å². The van der Waals surface area contributed by atoms with Gasteiger partial charge in [-0.15, -0.1) is 0 Å². The standard InChI is InChI=1S/C23H21FN4O.C2HF3O2/c24-21-19(14-2-1-13-5-7-26-12-17(13)10-14)11-20(22(25)28-21)15-3-4-18-16(9-15)6-8-27-23(18)29;3-2(4,5)1(6)7/h1-4,9-11,26H,5-8,12H2,(H2,25,28)(H,27,29);(H,6,7). The van der Waals surface area contributed by atoms with E-state index in [-0.39, 0.29) is 11.7 Å². The molecule has 2 aliphatic heterocycles. The SMILES string of the molecule is Nc1nc(F)c(-c2ccc3c(c2)CNCC3)cc1-c1ccc2c(c1)CCNC2=O.O=C(O)C(F)(F)F. The Bertz CT molecular complexity index is 1340. The van der Waals surface area contributed by atoms with Gasteiger partial charge in [0.05, 0.1) is 0 Å². The van der Waals surface area contributed by atoms with Crippen LogP contribution in [0.3, 0.4) is 0 Å². The lowest BCUT2D eigenvalue weighted by molar-refractivity contribution is -0.192. The number of nitrogens with two attached hydrogens (primary N) is 1. The van der Waals surface area contributed by atoms with Crippen molar-refractivity contribution in [2.45, 2.75) is 25.6 Å². The Morgan fingerprint density at radius 3 is 2.28 bits per heavy atom. The van der Waals surface area contributed by atoms with Gasteiger partial charge >= 0.3 is 12.1 Å². The molecule has 0 saturated carbocycles. The highest BCUT2D eigenvalue weighted by molar-refractivity contribution is 5.97. The molecular formula is C25H22F4N4O3. The number of carboxylic acids is 1. The van der Waals surface area contributed by atoms with Gasteiger partial charge in [0.1, 0.15) is 5.82 Å². The number of hydrogen-bond donors (Lipinski definition) is 4. The van der Waals surface area contributed by atoms with Gasteiger partial charge in [-0.3, -0.25) is 4.79 Å². The van der Waals surface area contributed by atoms with E-state index >= 15 is 0 Å². The van der Waals surface area contributed by atoms with Crippen LogP contribution in [0.4, 0.5) is 23.4 Å². The number of carboxylic acid groups (broad SMARTS) is 1. The summed E-state index contributed by atoms with van der Waals surface area (Å²) in [6.45, 7) is 2.36. The number of hydrogen-bond acceptors (Lipinski definition) is 5. The van der Waals surface area contributed by atoms with Crippen molar-refractivity contribution in [1.82, 2.24) is 15.6 Å². The number of aromatic nitrogens is 1. The monoisotopic (exact) mass is 502 g/mol. The maximum atomic E-state index is 14.7. The number of amides is 1. The van der Waals surface area contributed by atoms with Crippen LogP contribution in [0.25, 0.3) is 22.3 Å². The molecule has 1 aromatic heterocycles. The minimum Gasteiger partial charge on any atom is -0.475 e. The Morgan fingerprint density at radius 2 is 1.56 bits per heavy atom. The molecule has 0 atom stereocenters. The van der Waals surface area contributed by atoms with E-state index in [1.165, 1.54) is 11.1 Å². The highest BCUT2D eigenvalue weighted by atomic mass is 19.4. The number of carbonyl (C=O) groups is 2. The Morgan fingerprint density at radius 1 is 0.917 bits per heavy atom. The van der Waals surface area contributed by atoms with Crippen LogP contribution in [0.1, 0.15) is 27.0 Å². The summed E-state index contributed by atoms with van der Waals surface area (Å²) >= 11 is 0. The number of anilines is 1. The maximum Gasteiger partial charge on any atom is 0.490 e. The number of nitrogens with one attached hydrogen (secondary N) is 2. The second-order valence-electron chi connectivity index (χ2n) is 8.35. The molecule has 0 spiro atoms. The highest BCUT2D eigenvalue weighted by Gasteiger charge is 2.38. The van der Waals surface area contributed by atoms with Gasteiger partial charge in [0.25, 0.3) is 5.91 Å². The summed E-state index contributed by atoms with van der Waals surface area (Å²) in [7, 11) is 0. The minimum absolute atomic E-state index is 0.0636. The normalized spacial score (nSPS) is 14.6. The van der Waals surface area contributed by atoms with Crippen LogP contribution in [0.15, 0.2) is 42.5 Å². The van der Waals surface area contributed by atoms with Crippen LogP contribution < -0.4 is 16.4 Å². The summed E-state index contributed by atoms with van der Waals surface area (Å²) in [6, 6.07) is 13.4. The predicted octanol–water partition coefficient (Wildman–Crippen LogP) is 3.70. The first-order chi connectivity index (χ1) is 17.0. The van der Waals surface area contributed by atoms with Crippen LogP contribution >= 0.6 is 0 Å². The van der Waals surface area contributed by atoms with E-state index in [9.17, 15) is 22.4 Å². The molecule has 0 saturated heterocycles. The average molecular weight is 502 g/mol. The Balaban J connectivity index is 0.000000384. The molecule has 0 bridgehead atoms. The lowest BCUT2D eigenvalue weighted by atomic mass is 9.92. The van der Waals surface area contributed by atoms with Crippen molar-refractivity contribution in [2.75, 3.05) is 18.8 Å². The first-order valence-corrected chi connectivity index (χ1v) is 11.0. The third-order valence-electron chi connectivity index (χ3n) is 5.99. The van der Waals surface area contributed by atoms with Gasteiger partial charge in [-0.05, 0) is 65.4 Å². The zero-order chi connectivity index (χ0) is 26.0. The van der Waals surface area contributed by atoms with Crippen molar-refractivity contribution in [3.63, 3.8) is 0 Å². The van der Waals surface area contributed by atoms with Crippen LogP contribution in [0.5, 0.6) is 0 Å². The van der Waals surface area contributed by atoms with Crippen molar-refractivity contribution in [3.05, 3.63) is 70.7 Å². The minimum atomic E-state index is -5.08. The molecule has 0 aliphatic carbocycles. The summed E-state index contributed by atoms with van der Waals surface area (Å²) in [4.78, 5) is 24.9. The number of benzene rings is 2. The number of halogens is 4. The number of rotatable bonds is 2. The molecule has 0 unspecified atom stereocenters. The van der Waals surface area contributed by atoms with Crippen molar-refractivity contribution in [3.8, 4) is 22.3 Å². The number of nitrogens with zero attached hydrogens (tertiary/aromatic N) is 1. The topological polar surface area (TPSA) is 117 Å². The van der Waals surface area contributed by atoms with Gasteiger partial charge in [0.2, 0.25) is 5.95 Å². The van der Waals surface area contributed by atoms with Crippen LogP contribution in [0.2, 0.25) is 0 Å². The fourth-order valence-electron chi connectivity index (χ4n) is 4.18. The van der Waals surface area contributed by atoms with E-state index in [0.29, 0.717) is 23.2 Å². The zero-order valence-electron chi connectivity index (χ0n) is 18.9. The lowest BCUT2D eigenvalue weighted by Crippen LogP contribution is -2.31. The van der Waals surface area contributed by atoms with E-state index in [0.717, 1.165) is 42.6 Å². The number of alkyl halides is 3. The number of aliphatic carboxylic acids is 1. The Hall–Kier alpha value is -3.99. The summed E-state index contributed by atoms with van der Waals surface area (Å²) < 4.78 is 46.5. The average Bonchev–Trinajstić information content (AvgIpc) is 2.83. The summed E-state index contributed by atoms with van der Waals surface area (Å²) in [5.74, 6) is -3.25. The van der Waals surface area contributed by atoms with Crippen molar-refractivity contribution >= 4 is 17.7 Å². The highest BCUT2D eigenvalue weighted by Crippen LogP contribution is 2.34. The molecule has 188 valence electrons. The molecule has 3 aromatic rings.